The molecule has 0 radical (unpaired) electrons. The molecule has 0 heterocycles. The molecule has 0 aliphatic rings. The Morgan fingerprint density at radius 2 is 1.89 bits per heavy atom. The van der Waals surface area contributed by atoms with Gasteiger partial charge in [0.25, 0.3) is 5.91 Å². The van der Waals surface area contributed by atoms with Crippen molar-refractivity contribution < 1.29 is 9.18 Å². The van der Waals surface area contributed by atoms with E-state index >= 15 is 0 Å². The molecule has 0 aromatic heterocycles. The smallest absolute Gasteiger partial charge is 0.255 e. The zero-order valence-electron chi connectivity index (χ0n) is 9.58. The van der Waals surface area contributed by atoms with Gasteiger partial charge in [-0.1, -0.05) is 23.2 Å². The topological polar surface area (TPSA) is 55.1 Å². The van der Waals surface area contributed by atoms with Crippen molar-refractivity contribution in [1.82, 2.24) is 0 Å². The van der Waals surface area contributed by atoms with E-state index in [1.54, 1.807) is 0 Å². The Bertz CT molecular complexity index is 626. The first kappa shape index (κ1) is 13.6. The van der Waals surface area contributed by atoms with Gasteiger partial charge in [0.05, 0.1) is 10.7 Å². The summed E-state index contributed by atoms with van der Waals surface area (Å²) in [6.07, 6.45) is 0. The molecule has 6 heteroatoms. The second kappa shape index (κ2) is 5.47. The Hall–Kier alpha value is -1.78. The van der Waals surface area contributed by atoms with Crippen molar-refractivity contribution in [3.05, 3.63) is 57.8 Å². The summed E-state index contributed by atoms with van der Waals surface area (Å²) >= 11 is 11.7. The average Bonchev–Trinajstić information content (AvgIpc) is 2.32. The molecular formula is C13H9Cl2FN2O. The lowest BCUT2D eigenvalue weighted by Gasteiger charge is -2.08. The molecule has 2 aromatic carbocycles. The first-order valence-electron chi connectivity index (χ1n) is 5.28. The summed E-state index contributed by atoms with van der Waals surface area (Å²) in [6.45, 7) is 0. The quantitative estimate of drug-likeness (QED) is 0.824. The number of anilines is 2. The molecule has 0 fully saturated rings. The van der Waals surface area contributed by atoms with Crippen LogP contribution in [-0.4, -0.2) is 5.91 Å². The first-order chi connectivity index (χ1) is 8.95. The van der Waals surface area contributed by atoms with Gasteiger partial charge in [0.15, 0.2) is 0 Å². The van der Waals surface area contributed by atoms with Crippen molar-refractivity contribution >= 4 is 40.5 Å². The maximum absolute atomic E-state index is 13.1. The monoisotopic (exact) mass is 298 g/mol. The molecule has 3 N–H and O–H groups in total. The van der Waals surface area contributed by atoms with Gasteiger partial charge in [-0.2, -0.15) is 0 Å². The molecule has 0 bridgehead atoms. The predicted octanol–water partition coefficient (Wildman–Crippen LogP) is 3.97. The molecule has 2 rings (SSSR count). The summed E-state index contributed by atoms with van der Waals surface area (Å²) in [6, 6.07) is 8.14. The number of hydrogen-bond acceptors (Lipinski definition) is 2. The standard InChI is InChI=1S/C13H9Cl2FN2O/c14-8-3-7(4-10(17)5-8)13(19)18-12-6-9(16)1-2-11(12)15/h1-6H,17H2,(H,18,19). The van der Waals surface area contributed by atoms with E-state index in [9.17, 15) is 9.18 Å². The fourth-order valence-electron chi connectivity index (χ4n) is 1.53. The maximum atomic E-state index is 13.1. The van der Waals surface area contributed by atoms with Crippen LogP contribution in [0.5, 0.6) is 0 Å². The van der Waals surface area contributed by atoms with Crippen LogP contribution in [0, 0.1) is 5.82 Å². The Balaban J connectivity index is 2.28. The van der Waals surface area contributed by atoms with Crippen molar-refractivity contribution in [3.63, 3.8) is 0 Å². The lowest BCUT2D eigenvalue weighted by atomic mass is 10.2. The minimum Gasteiger partial charge on any atom is -0.399 e. The van der Waals surface area contributed by atoms with E-state index in [1.165, 1.54) is 30.3 Å². The van der Waals surface area contributed by atoms with E-state index in [4.69, 9.17) is 28.9 Å². The van der Waals surface area contributed by atoms with Crippen LogP contribution in [0.3, 0.4) is 0 Å². The van der Waals surface area contributed by atoms with Crippen molar-refractivity contribution in [2.75, 3.05) is 11.1 Å². The summed E-state index contributed by atoms with van der Waals surface area (Å²) in [5.74, 6) is -0.966. The Morgan fingerprint density at radius 1 is 1.16 bits per heavy atom. The van der Waals surface area contributed by atoms with Crippen LogP contribution < -0.4 is 11.1 Å². The third kappa shape index (κ3) is 3.36. The molecule has 3 nitrogen and oxygen atoms in total. The van der Waals surface area contributed by atoms with E-state index < -0.39 is 11.7 Å². The van der Waals surface area contributed by atoms with Crippen LogP contribution in [-0.2, 0) is 0 Å². The molecule has 0 saturated carbocycles. The van der Waals surface area contributed by atoms with E-state index in [2.05, 4.69) is 5.32 Å². The Labute approximate surface area is 119 Å². The average molecular weight is 299 g/mol. The number of rotatable bonds is 2. The number of carbonyl (C=O) groups is 1. The number of nitrogens with one attached hydrogen (secondary N) is 1. The number of amides is 1. The highest BCUT2D eigenvalue weighted by molar-refractivity contribution is 6.34. The summed E-state index contributed by atoms with van der Waals surface area (Å²) in [5, 5.41) is 3.08. The molecule has 2 aromatic rings. The highest BCUT2D eigenvalue weighted by Crippen LogP contribution is 2.24. The van der Waals surface area contributed by atoms with Gasteiger partial charge >= 0.3 is 0 Å². The van der Waals surface area contributed by atoms with Crippen molar-refractivity contribution in [3.8, 4) is 0 Å². The molecular weight excluding hydrogens is 290 g/mol. The minimum atomic E-state index is -0.495. The third-order valence-electron chi connectivity index (χ3n) is 2.36. The summed E-state index contributed by atoms with van der Waals surface area (Å²) in [7, 11) is 0. The molecule has 1 amide bonds. The fraction of sp³-hybridized carbons (Fsp3) is 0. The van der Waals surface area contributed by atoms with Gasteiger partial charge in [0.2, 0.25) is 0 Å². The summed E-state index contributed by atoms with van der Waals surface area (Å²) < 4.78 is 13.1. The van der Waals surface area contributed by atoms with Gasteiger partial charge in [0, 0.05) is 16.3 Å². The molecule has 0 saturated heterocycles. The third-order valence-corrected chi connectivity index (χ3v) is 2.91. The van der Waals surface area contributed by atoms with E-state index in [1.807, 2.05) is 0 Å². The van der Waals surface area contributed by atoms with Gasteiger partial charge in [-0.05, 0) is 36.4 Å². The molecule has 0 unspecified atom stereocenters. The number of nitrogens with two attached hydrogens (primary N) is 1. The maximum Gasteiger partial charge on any atom is 0.255 e. The van der Waals surface area contributed by atoms with Crippen LogP contribution in [0.4, 0.5) is 15.8 Å². The Kier molecular flexibility index (Phi) is 3.93. The second-order valence-electron chi connectivity index (χ2n) is 3.85. The van der Waals surface area contributed by atoms with E-state index in [0.717, 1.165) is 6.07 Å². The number of benzene rings is 2. The lowest BCUT2D eigenvalue weighted by Crippen LogP contribution is -2.12. The number of carbonyl (C=O) groups excluding carboxylic acids is 1. The minimum absolute atomic E-state index is 0.185. The van der Waals surface area contributed by atoms with Crippen LogP contribution in [0.2, 0.25) is 10.0 Å². The zero-order valence-corrected chi connectivity index (χ0v) is 11.1. The van der Waals surface area contributed by atoms with Crippen molar-refractivity contribution in [2.45, 2.75) is 0 Å². The van der Waals surface area contributed by atoms with E-state index in [0.29, 0.717) is 10.7 Å². The van der Waals surface area contributed by atoms with Crippen LogP contribution >= 0.6 is 23.2 Å². The second-order valence-corrected chi connectivity index (χ2v) is 4.70. The SMILES string of the molecule is Nc1cc(Cl)cc(C(=O)Nc2cc(F)ccc2Cl)c1. The fourth-order valence-corrected chi connectivity index (χ4v) is 1.94. The number of halogens is 3. The largest absolute Gasteiger partial charge is 0.399 e. The first-order valence-corrected chi connectivity index (χ1v) is 6.04. The molecule has 0 atom stereocenters. The highest BCUT2D eigenvalue weighted by atomic mass is 35.5. The molecule has 98 valence electrons. The number of nitrogen functional groups attached to an aromatic ring is 1. The van der Waals surface area contributed by atoms with Gasteiger partial charge < -0.3 is 11.1 Å². The highest BCUT2D eigenvalue weighted by Gasteiger charge is 2.10. The molecule has 19 heavy (non-hydrogen) atoms. The zero-order chi connectivity index (χ0) is 14.0. The molecule has 0 spiro atoms. The normalized spacial score (nSPS) is 10.3. The lowest BCUT2D eigenvalue weighted by molar-refractivity contribution is 0.102. The Morgan fingerprint density at radius 3 is 2.58 bits per heavy atom. The van der Waals surface area contributed by atoms with Gasteiger partial charge in [0.1, 0.15) is 5.82 Å². The van der Waals surface area contributed by atoms with E-state index in [-0.39, 0.29) is 16.3 Å². The summed E-state index contributed by atoms with van der Waals surface area (Å²) in [5.41, 5.74) is 6.41. The number of hydrogen-bond donors (Lipinski definition) is 2. The van der Waals surface area contributed by atoms with Crippen LogP contribution in [0.15, 0.2) is 36.4 Å². The predicted molar refractivity (Wildman–Crippen MR) is 75.2 cm³/mol. The van der Waals surface area contributed by atoms with Crippen molar-refractivity contribution in [1.29, 1.82) is 0 Å². The molecule has 0 aliphatic carbocycles. The van der Waals surface area contributed by atoms with Gasteiger partial charge in [-0.25, -0.2) is 4.39 Å². The van der Waals surface area contributed by atoms with Crippen LogP contribution in [0.25, 0.3) is 0 Å². The summed E-state index contributed by atoms with van der Waals surface area (Å²) in [4.78, 5) is 12.0. The van der Waals surface area contributed by atoms with Crippen molar-refractivity contribution in [2.24, 2.45) is 0 Å². The van der Waals surface area contributed by atoms with Crippen LogP contribution in [0.1, 0.15) is 10.4 Å². The van der Waals surface area contributed by atoms with Gasteiger partial charge in [-0.3, -0.25) is 4.79 Å². The van der Waals surface area contributed by atoms with Gasteiger partial charge in [-0.15, -0.1) is 0 Å². The molecule has 0 aliphatic heterocycles.